The zero-order chi connectivity index (χ0) is 12.4. The van der Waals surface area contributed by atoms with Crippen LogP contribution < -0.4 is 0 Å². The first-order valence-electron chi connectivity index (χ1n) is 5.98. The average molecular weight is 238 g/mol. The molecule has 2 atom stereocenters. The van der Waals surface area contributed by atoms with Gasteiger partial charge in [-0.1, -0.05) is 30.7 Å². The highest BCUT2D eigenvalue weighted by molar-refractivity contribution is 5.94. The van der Waals surface area contributed by atoms with Crippen LogP contribution in [0.1, 0.15) is 48.0 Å². The minimum atomic E-state index is -2.24. The van der Waals surface area contributed by atoms with Crippen LogP contribution in [0, 0.1) is 5.92 Å². The van der Waals surface area contributed by atoms with E-state index in [4.69, 9.17) is 0 Å². The number of Topliss-reactive ketones (excluding diaryl/α,β-unsaturated/α-hetero) is 1. The molecule has 0 saturated heterocycles. The SMILES string of the molecule is CC(=O)c1ccc(C2CCCC2C(F)F)cc1. The molecule has 2 rings (SSSR count). The second-order valence-electron chi connectivity index (χ2n) is 4.71. The van der Waals surface area contributed by atoms with E-state index in [0.29, 0.717) is 12.0 Å². The molecule has 0 radical (unpaired) electrons. The average Bonchev–Trinajstić information content (AvgIpc) is 2.78. The zero-order valence-corrected chi connectivity index (χ0v) is 9.83. The largest absolute Gasteiger partial charge is 0.295 e. The van der Waals surface area contributed by atoms with Crippen LogP contribution in [-0.4, -0.2) is 12.2 Å². The number of rotatable bonds is 3. The Hall–Kier alpha value is -1.25. The van der Waals surface area contributed by atoms with Crippen molar-refractivity contribution in [2.24, 2.45) is 5.92 Å². The maximum Gasteiger partial charge on any atom is 0.242 e. The Kier molecular flexibility index (Phi) is 3.55. The minimum absolute atomic E-state index is 0.00776. The van der Waals surface area contributed by atoms with E-state index >= 15 is 0 Å². The van der Waals surface area contributed by atoms with Crippen molar-refractivity contribution in [2.75, 3.05) is 0 Å². The molecule has 0 aromatic heterocycles. The predicted octanol–water partition coefficient (Wildman–Crippen LogP) is 4.04. The summed E-state index contributed by atoms with van der Waals surface area (Å²) in [6.45, 7) is 1.51. The lowest BCUT2D eigenvalue weighted by molar-refractivity contribution is 0.0716. The second kappa shape index (κ2) is 4.94. The van der Waals surface area contributed by atoms with Gasteiger partial charge < -0.3 is 0 Å². The third-order valence-electron chi connectivity index (χ3n) is 3.64. The maximum atomic E-state index is 12.8. The van der Waals surface area contributed by atoms with Gasteiger partial charge in [0.25, 0.3) is 0 Å². The van der Waals surface area contributed by atoms with E-state index in [1.165, 1.54) is 6.92 Å². The van der Waals surface area contributed by atoms with E-state index in [9.17, 15) is 13.6 Å². The number of halogens is 2. The fourth-order valence-electron chi connectivity index (χ4n) is 2.67. The number of hydrogen-bond acceptors (Lipinski definition) is 1. The van der Waals surface area contributed by atoms with Crippen molar-refractivity contribution >= 4 is 5.78 Å². The van der Waals surface area contributed by atoms with Gasteiger partial charge in [0, 0.05) is 11.5 Å². The summed E-state index contributed by atoms with van der Waals surface area (Å²) in [5.41, 5.74) is 1.58. The summed E-state index contributed by atoms with van der Waals surface area (Å²) < 4.78 is 25.7. The van der Waals surface area contributed by atoms with Gasteiger partial charge in [-0.2, -0.15) is 0 Å². The molecule has 3 heteroatoms. The molecule has 0 amide bonds. The minimum Gasteiger partial charge on any atom is -0.295 e. The molecule has 1 nitrogen and oxygen atoms in total. The normalized spacial score (nSPS) is 24.2. The number of carbonyl (C=O) groups is 1. The van der Waals surface area contributed by atoms with E-state index in [1.54, 1.807) is 12.1 Å². The highest BCUT2D eigenvalue weighted by Crippen LogP contribution is 2.42. The van der Waals surface area contributed by atoms with Crippen LogP contribution in [0.25, 0.3) is 0 Å². The summed E-state index contributed by atoms with van der Waals surface area (Å²) in [5.74, 6) is -0.553. The Morgan fingerprint density at radius 1 is 1.24 bits per heavy atom. The van der Waals surface area contributed by atoms with E-state index in [2.05, 4.69) is 0 Å². The summed E-state index contributed by atoms with van der Waals surface area (Å²) in [7, 11) is 0. The first-order chi connectivity index (χ1) is 8.09. The molecule has 1 aromatic rings. The van der Waals surface area contributed by atoms with Gasteiger partial charge in [0.15, 0.2) is 5.78 Å². The smallest absolute Gasteiger partial charge is 0.242 e. The number of alkyl halides is 2. The maximum absolute atomic E-state index is 12.8. The van der Waals surface area contributed by atoms with Crippen LogP contribution in [0.5, 0.6) is 0 Å². The topological polar surface area (TPSA) is 17.1 Å². The fourth-order valence-corrected chi connectivity index (χ4v) is 2.67. The van der Waals surface area contributed by atoms with Crippen molar-refractivity contribution in [3.63, 3.8) is 0 Å². The number of carbonyl (C=O) groups excluding carboxylic acids is 1. The molecule has 92 valence electrons. The van der Waals surface area contributed by atoms with Crippen molar-refractivity contribution in [2.45, 2.75) is 38.5 Å². The Morgan fingerprint density at radius 2 is 1.88 bits per heavy atom. The van der Waals surface area contributed by atoms with Gasteiger partial charge in [0.2, 0.25) is 6.43 Å². The molecular formula is C14H16F2O. The van der Waals surface area contributed by atoms with Gasteiger partial charge in [-0.05, 0) is 31.2 Å². The standard InChI is InChI=1S/C14H16F2O/c1-9(17)10-5-7-11(8-6-10)12-3-2-4-13(12)14(15)16/h5-8,12-14H,2-4H2,1H3. The lowest BCUT2D eigenvalue weighted by atomic mass is 9.88. The van der Waals surface area contributed by atoms with Crippen molar-refractivity contribution in [1.82, 2.24) is 0 Å². The Bertz CT molecular complexity index is 397. The van der Waals surface area contributed by atoms with Crippen LogP contribution in [0.15, 0.2) is 24.3 Å². The highest BCUT2D eigenvalue weighted by Gasteiger charge is 2.34. The third kappa shape index (κ3) is 2.54. The van der Waals surface area contributed by atoms with Gasteiger partial charge in [0.05, 0.1) is 0 Å². The molecule has 1 aromatic carbocycles. The number of benzene rings is 1. The zero-order valence-electron chi connectivity index (χ0n) is 9.83. The van der Waals surface area contributed by atoms with Crippen LogP contribution in [0.2, 0.25) is 0 Å². The van der Waals surface area contributed by atoms with Crippen LogP contribution in [0.3, 0.4) is 0 Å². The summed E-state index contributed by atoms with van der Waals surface area (Å²) >= 11 is 0. The highest BCUT2D eigenvalue weighted by atomic mass is 19.3. The molecule has 1 saturated carbocycles. The fraction of sp³-hybridized carbons (Fsp3) is 0.500. The monoisotopic (exact) mass is 238 g/mol. The van der Waals surface area contributed by atoms with Crippen LogP contribution >= 0.6 is 0 Å². The molecule has 0 bridgehead atoms. The Labute approximate surface area is 99.8 Å². The molecule has 1 aliphatic carbocycles. The first-order valence-corrected chi connectivity index (χ1v) is 5.98. The summed E-state index contributed by atoms with van der Waals surface area (Å²) in [6.07, 6.45) is 0.0642. The van der Waals surface area contributed by atoms with Gasteiger partial charge in [-0.3, -0.25) is 4.79 Å². The van der Waals surface area contributed by atoms with E-state index in [1.807, 2.05) is 12.1 Å². The quantitative estimate of drug-likeness (QED) is 0.726. The predicted molar refractivity (Wildman–Crippen MR) is 62.5 cm³/mol. The van der Waals surface area contributed by atoms with Gasteiger partial charge in [-0.25, -0.2) is 8.78 Å². The number of ketones is 1. The molecule has 0 heterocycles. The van der Waals surface area contributed by atoms with Crippen molar-refractivity contribution < 1.29 is 13.6 Å². The summed E-state index contributed by atoms with van der Waals surface area (Å²) in [4.78, 5) is 11.1. The van der Waals surface area contributed by atoms with Gasteiger partial charge in [0.1, 0.15) is 0 Å². The van der Waals surface area contributed by atoms with Crippen LogP contribution in [-0.2, 0) is 0 Å². The van der Waals surface area contributed by atoms with Crippen molar-refractivity contribution in [3.8, 4) is 0 Å². The van der Waals surface area contributed by atoms with Crippen molar-refractivity contribution in [3.05, 3.63) is 35.4 Å². The Balaban J connectivity index is 2.19. The molecule has 1 fully saturated rings. The van der Waals surface area contributed by atoms with Gasteiger partial charge >= 0.3 is 0 Å². The molecular weight excluding hydrogens is 222 g/mol. The molecule has 0 aliphatic heterocycles. The number of hydrogen-bond donors (Lipinski definition) is 0. The molecule has 0 spiro atoms. The lowest BCUT2D eigenvalue weighted by Gasteiger charge is -2.19. The molecule has 17 heavy (non-hydrogen) atoms. The summed E-state index contributed by atoms with van der Waals surface area (Å²) in [6, 6.07) is 7.11. The molecule has 1 aliphatic rings. The van der Waals surface area contributed by atoms with E-state index in [0.717, 1.165) is 18.4 Å². The van der Waals surface area contributed by atoms with Crippen molar-refractivity contribution in [1.29, 1.82) is 0 Å². The first kappa shape index (κ1) is 12.2. The second-order valence-corrected chi connectivity index (χ2v) is 4.71. The Morgan fingerprint density at radius 3 is 2.41 bits per heavy atom. The lowest BCUT2D eigenvalue weighted by Crippen LogP contribution is -2.14. The third-order valence-corrected chi connectivity index (χ3v) is 3.64. The van der Waals surface area contributed by atoms with E-state index < -0.39 is 12.3 Å². The summed E-state index contributed by atoms with van der Waals surface area (Å²) in [5, 5.41) is 0. The van der Waals surface area contributed by atoms with Crippen LogP contribution in [0.4, 0.5) is 8.78 Å². The molecule has 2 unspecified atom stereocenters. The van der Waals surface area contributed by atoms with Gasteiger partial charge in [-0.15, -0.1) is 0 Å². The van der Waals surface area contributed by atoms with E-state index in [-0.39, 0.29) is 11.7 Å². The molecule has 0 N–H and O–H groups in total.